The summed E-state index contributed by atoms with van der Waals surface area (Å²) in [6.07, 6.45) is 10.4. The van der Waals surface area contributed by atoms with Gasteiger partial charge >= 0.3 is 5.97 Å². The van der Waals surface area contributed by atoms with Gasteiger partial charge in [-0.2, -0.15) is 0 Å². The summed E-state index contributed by atoms with van der Waals surface area (Å²) >= 11 is 0. The monoisotopic (exact) mass is 433 g/mol. The van der Waals surface area contributed by atoms with Crippen LogP contribution in [0.5, 0.6) is 5.75 Å². The zero-order valence-electron chi connectivity index (χ0n) is 19.6. The van der Waals surface area contributed by atoms with Gasteiger partial charge in [-0.3, -0.25) is 19.5 Å². The number of hydrogen-bond acceptors (Lipinski definition) is 6. The molecule has 1 aliphatic heterocycles. The summed E-state index contributed by atoms with van der Waals surface area (Å²) in [4.78, 5) is 30.3. The fourth-order valence-corrected chi connectivity index (χ4v) is 3.78. The Morgan fingerprint density at radius 2 is 1.90 bits per heavy atom. The molecule has 1 amide bonds. The van der Waals surface area contributed by atoms with E-state index in [2.05, 4.69) is 28.3 Å². The molecule has 1 aromatic heterocycles. The molecule has 1 N–H and O–H groups in total. The van der Waals surface area contributed by atoms with E-state index in [1.54, 1.807) is 6.20 Å². The van der Waals surface area contributed by atoms with E-state index in [0.717, 1.165) is 44.4 Å². The number of ether oxygens (including phenoxy) is 2. The van der Waals surface area contributed by atoms with Crippen LogP contribution >= 0.6 is 0 Å². The van der Waals surface area contributed by atoms with Gasteiger partial charge in [-0.1, -0.05) is 12.8 Å². The second-order valence-corrected chi connectivity index (χ2v) is 9.29. The van der Waals surface area contributed by atoms with Gasteiger partial charge in [-0.05, 0) is 71.7 Å². The second kappa shape index (κ2) is 12.6. The molecule has 2 rings (SSSR count). The number of amides is 1. The molecular weight excluding hydrogens is 394 g/mol. The predicted molar refractivity (Wildman–Crippen MR) is 121 cm³/mol. The van der Waals surface area contributed by atoms with Crippen LogP contribution in [0, 0.1) is 0 Å². The molecule has 1 aromatic rings. The van der Waals surface area contributed by atoms with Crippen molar-refractivity contribution in [1.82, 2.24) is 15.2 Å². The van der Waals surface area contributed by atoms with Gasteiger partial charge in [0.2, 0.25) is 5.91 Å². The Bertz CT molecular complexity index is 702. The van der Waals surface area contributed by atoms with Gasteiger partial charge in [0.05, 0.1) is 12.7 Å². The smallest absolute Gasteiger partial charge is 0.306 e. The molecule has 2 heterocycles. The van der Waals surface area contributed by atoms with E-state index >= 15 is 0 Å². The predicted octanol–water partition coefficient (Wildman–Crippen LogP) is 4.03. The number of unbranched alkanes of at least 4 members (excludes halogenated alkanes) is 3. The minimum absolute atomic E-state index is 0.0372. The summed E-state index contributed by atoms with van der Waals surface area (Å²) in [6, 6.07) is 2.47. The number of pyridine rings is 1. The van der Waals surface area contributed by atoms with Gasteiger partial charge in [0, 0.05) is 25.1 Å². The van der Waals surface area contributed by atoms with Crippen molar-refractivity contribution in [3.63, 3.8) is 0 Å². The normalized spacial score (nSPS) is 16.8. The maximum atomic E-state index is 12.0. The summed E-state index contributed by atoms with van der Waals surface area (Å²) in [5.74, 6) is 0.633. The number of carbonyl (C=O) groups excluding carboxylic acids is 2. The van der Waals surface area contributed by atoms with E-state index in [1.165, 1.54) is 12.0 Å². The van der Waals surface area contributed by atoms with Crippen LogP contribution < -0.4 is 10.1 Å². The Balaban J connectivity index is 1.51. The Kier molecular flexibility index (Phi) is 10.2. The number of nitrogens with zero attached hydrogens (tertiary/aromatic N) is 2. The highest BCUT2D eigenvalue weighted by Gasteiger charge is 2.23. The highest BCUT2D eigenvalue weighted by atomic mass is 16.6. The summed E-state index contributed by atoms with van der Waals surface area (Å²) < 4.78 is 11.1. The first-order valence-electron chi connectivity index (χ1n) is 11.5. The summed E-state index contributed by atoms with van der Waals surface area (Å²) in [6.45, 7) is 7.64. The number of esters is 1. The van der Waals surface area contributed by atoms with Gasteiger partial charge in [-0.25, -0.2) is 0 Å². The highest BCUT2D eigenvalue weighted by molar-refractivity contribution is 5.75. The molecular formula is C24H39N3O4. The van der Waals surface area contributed by atoms with Crippen molar-refractivity contribution >= 4 is 11.9 Å². The average molecular weight is 434 g/mol. The Hall–Kier alpha value is -2.15. The van der Waals surface area contributed by atoms with Crippen molar-refractivity contribution in [2.45, 2.75) is 83.8 Å². The summed E-state index contributed by atoms with van der Waals surface area (Å²) in [7, 11) is 2.14. The first kappa shape index (κ1) is 25.1. The van der Waals surface area contributed by atoms with Crippen molar-refractivity contribution < 1.29 is 19.1 Å². The number of hydrogen-bond donors (Lipinski definition) is 1. The molecule has 0 unspecified atom stereocenters. The summed E-state index contributed by atoms with van der Waals surface area (Å²) in [5.41, 5.74) is 0.762. The molecule has 31 heavy (non-hydrogen) atoms. The maximum absolute atomic E-state index is 12.0. The van der Waals surface area contributed by atoms with Crippen LogP contribution in [0.3, 0.4) is 0 Å². The fourth-order valence-electron chi connectivity index (χ4n) is 3.78. The molecule has 1 fully saturated rings. The third-order valence-corrected chi connectivity index (χ3v) is 5.29. The third kappa shape index (κ3) is 10.1. The number of likely N-dealkylation sites (tertiary alicyclic amines) is 1. The molecule has 0 aliphatic carbocycles. The molecule has 7 heteroatoms. The molecule has 174 valence electrons. The molecule has 1 aliphatic rings. The van der Waals surface area contributed by atoms with E-state index < -0.39 is 5.60 Å². The van der Waals surface area contributed by atoms with Crippen molar-refractivity contribution in [3.8, 4) is 5.75 Å². The lowest BCUT2D eigenvalue weighted by molar-refractivity contribution is -0.154. The van der Waals surface area contributed by atoms with Gasteiger partial charge < -0.3 is 14.8 Å². The summed E-state index contributed by atoms with van der Waals surface area (Å²) in [5, 5.41) is 2.90. The minimum Gasteiger partial charge on any atom is -0.490 e. The van der Waals surface area contributed by atoms with Crippen molar-refractivity contribution in [3.05, 3.63) is 24.0 Å². The van der Waals surface area contributed by atoms with E-state index in [-0.39, 0.29) is 11.9 Å². The quantitative estimate of drug-likeness (QED) is 0.396. The lowest BCUT2D eigenvalue weighted by Gasteiger charge is -2.19. The lowest BCUT2D eigenvalue weighted by Crippen LogP contribution is -2.27. The van der Waals surface area contributed by atoms with Crippen LogP contribution in [-0.2, 0) is 14.3 Å². The SMILES string of the molecule is CN1CCC[C@H]1c1cncc(OCCNC(=O)CCCCCCC(=O)OC(C)(C)C)c1. The topological polar surface area (TPSA) is 80.8 Å². The van der Waals surface area contributed by atoms with Crippen molar-refractivity contribution in [2.24, 2.45) is 0 Å². The van der Waals surface area contributed by atoms with Crippen molar-refractivity contribution in [1.29, 1.82) is 0 Å². The van der Waals surface area contributed by atoms with Crippen LogP contribution in [0.4, 0.5) is 0 Å². The zero-order valence-corrected chi connectivity index (χ0v) is 19.6. The third-order valence-electron chi connectivity index (χ3n) is 5.29. The van der Waals surface area contributed by atoms with Crippen LogP contribution in [-0.4, -0.2) is 54.1 Å². The Morgan fingerprint density at radius 3 is 2.58 bits per heavy atom. The van der Waals surface area contributed by atoms with E-state index in [4.69, 9.17) is 9.47 Å². The average Bonchev–Trinajstić information content (AvgIpc) is 3.13. The molecule has 0 aromatic carbocycles. The molecule has 0 saturated carbocycles. The fraction of sp³-hybridized carbons (Fsp3) is 0.708. The van der Waals surface area contributed by atoms with Gasteiger partial charge in [0.1, 0.15) is 18.0 Å². The number of carbonyl (C=O) groups is 2. The van der Waals surface area contributed by atoms with E-state index in [1.807, 2.05) is 27.0 Å². The lowest BCUT2D eigenvalue weighted by atomic mass is 10.1. The van der Waals surface area contributed by atoms with Crippen molar-refractivity contribution in [2.75, 3.05) is 26.7 Å². The van der Waals surface area contributed by atoms with Crippen LogP contribution in [0.15, 0.2) is 18.5 Å². The van der Waals surface area contributed by atoms with Gasteiger partial charge in [-0.15, -0.1) is 0 Å². The van der Waals surface area contributed by atoms with E-state index in [0.29, 0.717) is 32.0 Å². The molecule has 0 spiro atoms. The van der Waals surface area contributed by atoms with Crippen LogP contribution in [0.25, 0.3) is 0 Å². The molecule has 7 nitrogen and oxygen atoms in total. The minimum atomic E-state index is -0.426. The van der Waals surface area contributed by atoms with Gasteiger partial charge in [0.25, 0.3) is 0 Å². The second-order valence-electron chi connectivity index (χ2n) is 9.29. The van der Waals surface area contributed by atoms with Crippen LogP contribution in [0.1, 0.15) is 83.7 Å². The van der Waals surface area contributed by atoms with Crippen LogP contribution in [0.2, 0.25) is 0 Å². The zero-order chi connectivity index (χ0) is 22.7. The largest absolute Gasteiger partial charge is 0.490 e. The maximum Gasteiger partial charge on any atom is 0.306 e. The number of rotatable bonds is 12. The molecule has 0 bridgehead atoms. The number of aromatic nitrogens is 1. The number of nitrogens with one attached hydrogen (secondary N) is 1. The van der Waals surface area contributed by atoms with Gasteiger partial charge in [0.15, 0.2) is 0 Å². The standard InChI is InChI=1S/C24H39N3O4/c1-24(2,3)31-23(29)12-8-6-5-7-11-22(28)26-13-15-30-20-16-19(17-25-18-20)21-10-9-14-27(21)4/h16-18,21H,5-15H2,1-4H3,(H,26,28)/t21-/m0/s1. The molecule has 1 atom stereocenters. The molecule has 0 radical (unpaired) electrons. The first-order valence-corrected chi connectivity index (χ1v) is 11.5. The Morgan fingerprint density at radius 1 is 1.16 bits per heavy atom. The first-order chi connectivity index (χ1) is 14.7. The highest BCUT2D eigenvalue weighted by Crippen LogP contribution is 2.31. The van der Waals surface area contributed by atoms with E-state index in [9.17, 15) is 9.59 Å². The molecule has 1 saturated heterocycles. The Labute approximate surface area is 186 Å².